The first-order valence-corrected chi connectivity index (χ1v) is 8.31. The van der Waals surface area contributed by atoms with E-state index in [1.165, 1.54) is 0 Å². The van der Waals surface area contributed by atoms with Gasteiger partial charge < -0.3 is 10.6 Å². The number of hydrogen-bond acceptors (Lipinski definition) is 3. The van der Waals surface area contributed by atoms with Gasteiger partial charge in [0.1, 0.15) is 5.82 Å². The maximum absolute atomic E-state index is 12.2. The Hall–Kier alpha value is -2.85. The Kier molecular flexibility index (Phi) is 5.31. The van der Waals surface area contributed by atoms with Gasteiger partial charge in [-0.05, 0) is 48.4 Å². The van der Waals surface area contributed by atoms with Crippen molar-refractivity contribution < 1.29 is 4.79 Å². The van der Waals surface area contributed by atoms with Gasteiger partial charge in [0.25, 0.3) is 5.91 Å². The van der Waals surface area contributed by atoms with Gasteiger partial charge in [0.2, 0.25) is 0 Å². The van der Waals surface area contributed by atoms with E-state index in [-0.39, 0.29) is 5.91 Å². The van der Waals surface area contributed by atoms with E-state index in [9.17, 15) is 4.79 Å². The topological polar surface area (TPSA) is 54.0 Å². The SMILES string of the molecule is Cc1ccccc1Nc1ccc(C(=O)NCc2ccc(Cl)cc2)cn1. The van der Waals surface area contributed by atoms with Crippen LogP contribution in [0.3, 0.4) is 0 Å². The molecule has 0 aliphatic rings. The highest BCUT2D eigenvalue weighted by atomic mass is 35.5. The number of anilines is 2. The van der Waals surface area contributed by atoms with E-state index in [0.29, 0.717) is 22.9 Å². The first-order chi connectivity index (χ1) is 12.1. The Bertz CT molecular complexity index is 861. The second kappa shape index (κ2) is 7.81. The average molecular weight is 352 g/mol. The van der Waals surface area contributed by atoms with Crippen molar-refractivity contribution in [3.63, 3.8) is 0 Å². The van der Waals surface area contributed by atoms with Gasteiger partial charge in [-0.2, -0.15) is 0 Å². The fourth-order valence-electron chi connectivity index (χ4n) is 2.34. The Morgan fingerprint density at radius 3 is 2.48 bits per heavy atom. The van der Waals surface area contributed by atoms with Gasteiger partial charge in [-0.15, -0.1) is 0 Å². The Morgan fingerprint density at radius 1 is 1.04 bits per heavy atom. The molecule has 0 aliphatic heterocycles. The summed E-state index contributed by atoms with van der Waals surface area (Å²) in [5.41, 5.74) is 3.64. The molecule has 1 amide bonds. The minimum absolute atomic E-state index is 0.162. The molecule has 5 heteroatoms. The zero-order valence-electron chi connectivity index (χ0n) is 13.8. The highest BCUT2D eigenvalue weighted by Gasteiger charge is 2.07. The van der Waals surface area contributed by atoms with E-state index in [1.54, 1.807) is 30.5 Å². The van der Waals surface area contributed by atoms with Crippen LogP contribution >= 0.6 is 11.6 Å². The number of pyridine rings is 1. The third-order valence-electron chi connectivity index (χ3n) is 3.80. The highest BCUT2D eigenvalue weighted by Crippen LogP contribution is 2.18. The minimum Gasteiger partial charge on any atom is -0.348 e. The van der Waals surface area contributed by atoms with Crippen molar-refractivity contribution in [2.45, 2.75) is 13.5 Å². The largest absolute Gasteiger partial charge is 0.348 e. The second-order valence-electron chi connectivity index (χ2n) is 5.68. The quantitative estimate of drug-likeness (QED) is 0.699. The summed E-state index contributed by atoms with van der Waals surface area (Å²) in [7, 11) is 0. The molecular weight excluding hydrogens is 334 g/mol. The van der Waals surface area contributed by atoms with Gasteiger partial charge in [-0.3, -0.25) is 4.79 Å². The minimum atomic E-state index is -0.162. The van der Waals surface area contributed by atoms with E-state index in [0.717, 1.165) is 16.8 Å². The van der Waals surface area contributed by atoms with Gasteiger partial charge in [0.05, 0.1) is 5.56 Å². The molecule has 0 spiro atoms. The molecular formula is C20H18ClN3O. The van der Waals surface area contributed by atoms with Gasteiger partial charge >= 0.3 is 0 Å². The van der Waals surface area contributed by atoms with Crippen LogP contribution in [0.25, 0.3) is 0 Å². The summed E-state index contributed by atoms with van der Waals surface area (Å²) in [6.07, 6.45) is 1.57. The molecule has 0 aliphatic carbocycles. The lowest BCUT2D eigenvalue weighted by Gasteiger charge is -2.09. The molecule has 0 radical (unpaired) electrons. The predicted octanol–water partition coefficient (Wildman–Crippen LogP) is 4.72. The fourth-order valence-corrected chi connectivity index (χ4v) is 2.47. The molecule has 126 valence electrons. The smallest absolute Gasteiger partial charge is 0.253 e. The first-order valence-electron chi connectivity index (χ1n) is 7.93. The molecule has 1 heterocycles. The molecule has 2 aromatic carbocycles. The molecule has 3 aromatic rings. The number of para-hydroxylation sites is 1. The molecule has 0 unspecified atom stereocenters. The number of nitrogens with zero attached hydrogens (tertiary/aromatic N) is 1. The second-order valence-corrected chi connectivity index (χ2v) is 6.12. The lowest BCUT2D eigenvalue weighted by Crippen LogP contribution is -2.22. The monoisotopic (exact) mass is 351 g/mol. The molecule has 0 saturated carbocycles. The Balaban J connectivity index is 1.60. The summed E-state index contributed by atoms with van der Waals surface area (Å²) in [6.45, 7) is 2.47. The van der Waals surface area contributed by atoms with Crippen molar-refractivity contribution >= 4 is 29.0 Å². The van der Waals surface area contributed by atoms with Crippen molar-refractivity contribution in [2.75, 3.05) is 5.32 Å². The molecule has 4 nitrogen and oxygen atoms in total. The third-order valence-corrected chi connectivity index (χ3v) is 4.05. The van der Waals surface area contributed by atoms with Crippen molar-refractivity contribution in [2.24, 2.45) is 0 Å². The van der Waals surface area contributed by atoms with E-state index < -0.39 is 0 Å². The summed E-state index contributed by atoms with van der Waals surface area (Å²) < 4.78 is 0. The van der Waals surface area contributed by atoms with Crippen LogP contribution in [-0.4, -0.2) is 10.9 Å². The third kappa shape index (κ3) is 4.58. The average Bonchev–Trinajstić information content (AvgIpc) is 2.63. The highest BCUT2D eigenvalue weighted by molar-refractivity contribution is 6.30. The number of aryl methyl sites for hydroxylation is 1. The van der Waals surface area contributed by atoms with Gasteiger partial charge in [-0.25, -0.2) is 4.98 Å². The molecule has 0 saturated heterocycles. The molecule has 2 N–H and O–H groups in total. The Labute approximate surface area is 151 Å². The van der Waals surface area contributed by atoms with Crippen LogP contribution in [0.5, 0.6) is 0 Å². The summed E-state index contributed by atoms with van der Waals surface area (Å²) in [6, 6.07) is 18.9. The van der Waals surface area contributed by atoms with Crippen molar-refractivity contribution in [1.29, 1.82) is 0 Å². The van der Waals surface area contributed by atoms with Crippen molar-refractivity contribution in [1.82, 2.24) is 10.3 Å². The van der Waals surface area contributed by atoms with E-state index in [4.69, 9.17) is 11.6 Å². The summed E-state index contributed by atoms with van der Waals surface area (Å²) in [4.78, 5) is 16.5. The molecule has 1 aromatic heterocycles. The number of carbonyl (C=O) groups excluding carboxylic acids is 1. The van der Waals surface area contributed by atoms with Crippen LogP contribution in [0.4, 0.5) is 11.5 Å². The zero-order chi connectivity index (χ0) is 17.6. The maximum atomic E-state index is 12.2. The van der Waals surface area contributed by atoms with E-state index in [1.807, 2.05) is 43.3 Å². The van der Waals surface area contributed by atoms with Crippen molar-refractivity contribution in [3.05, 3.63) is 88.6 Å². The number of amides is 1. The van der Waals surface area contributed by atoms with Crippen LogP contribution in [0.1, 0.15) is 21.5 Å². The zero-order valence-corrected chi connectivity index (χ0v) is 14.5. The standard InChI is InChI=1S/C20H18ClN3O/c1-14-4-2-3-5-18(14)24-19-11-8-16(13-22-19)20(25)23-12-15-6-9-17(21)10-7-15/h2-11,13H,12H2,1H3,(H,22,24)(H,23,25). The van der Waals surface area contributed by atoms with Crippen LogP contribution < -0.4 is 10.6 Å². The summed E-state index contributed by atoms with van der Waals surface area (Å²) >= 11 is 5.85. The number of benzene rings is 2. The lowest BCUT2D eigenvalue weighted by atomic mass is 10.2. The molecule has 0 bridgehead atoms. The van der Waals surface area contributed by atoms with Gasteiger partial charge in [0, 0.05) is 23.5 Å². The number of nitrogens with one attached hydrogen (secondary N) is 2. The first kappa shape index (κ1) is 17.0. The number of rotatable bonds is 5. The molecule has 3 rings (SSSR count). The summed E-state index contributed by atoms with van der Waals surface area (Å²) in [5, 5.41) is 6.79. The maximum Gasteiger partial charge on any atom is 0.253 e. The van der Waals surface area contributed by atoms with Crippen molar-refractivity contribution in [3.8, 4) is 0 Å². The van der Waals surface area contributed by atoms with E-state index >= 15 is 0 Å². The van der Waals surface area contributed by atoms with E-state index in [2.05, 4.69) is 15.6 Å². The van der Waals surface area contributed by atoms with Gasteiger partial charge in [-0.1, -0.05) is 41.9 Å². The fraction of sp³-hybridized carbons (Fsp3) is 0.100. The van der Waals surface area contributed by atoms with Gasteiger partial charge in [0.15, 0.2) is 0 Å². The van der Waals surface area contributed by atoms with Crippen LogP contribution in [0.15, 0.2) is 66.9 Å². The Morgan fingerprint density at radius 2 is 1.80 bits per heavy atom. The molecule has 25 heavy (non-hydrogen) atoms. The number of hydrogen-bond donors (Lipinski definition) is 2. The predicted molar refractivity (Wildman–Crippen MR) is 101 cm³/mol. The normalized spacial score (nSPS) is 10.3. The van der Waals surface area contributed by atoms with Crippen LogP contribution in [0.2, 0.25) is 5.02 Å². The number of aromatic nitrogens is 1. The molecule has 0 atom stereocenters. The number of halogens is 1. The molecule has 0 fully saturated rings. The van der Waals surface area contributed by atoms with Crippen LogP contribution in [-0.2, 0) is 6.54 Å². The number of carbonyl (C=O) groups is 1. The lowest BCUT2D eigenvalue weighted by molar-refractivity contribution is 0.0950. The summed E-state index contributed by atoms with van der Waals surface area (Å²) in [5.74, 6) is 0.536. The van der Waals surface area contributed by atoms with Crippen LogP contribution in [0, 0.1) is 6.92 Å².